The Hall–Kier alpha value is -3.80. The minimum atomic E-state index is -3.93. The topological polar surface area (TPSA) is 148 Å². The van der Waals surface area contributed by atoms with Crippen LogP contribution in [0.1, 0.15) is 12.5 Å². The number of urea groups is 1. The van der Waals surface area contributed by atoms with Crippen LogP contribution < -0.4 is 15.4 Å². The van der Waals surface area contributed by atoms with Gasteiger partial charge in [0.15, 0.2) is 0 Å². The second-order valence-electron chi connectivity index (χ2n) is 6.47. The molecule has 1 aliphatic heterocycles. The van der Waals surface area contributed by atoms with Crippen LogP contribution in [0.4, 0.5) is 10.5 Å². The number of anilines is 1. The number of rotatable bonds is 5. The largest absolute Gasteiger partial charge is 0.322 e. The van der Waals surface area contributed by atoms with Gasteiger partial charge in [0.2, 0.25) is 0 Å². The molecule has 148 valence electrons. The molecule has 1 aromatic heterocycles. The standard InChI is InChI=1S/C17H15N7O4S/c1-17(15(25)19-16(26)20-17)11-4-2-5-12(8-11)21-29(27,28)14-7-3-6-13(9-14)24-10-18-22-23-24/h2-10,21H,1H3,(H2,19,20,25,26). The summed E-state index contributed by atoms with van der Waals surface area (Å²) in [6, 6.07) is 11.7. The third-order valence-electron chi connectivity index (χ3n) is 4.48. The first-order chi connectivity index (χ1) is 13.8. The van der Waals surface area contributed by atoms with E-state index in [1.165, 1.54) is 36.1 Å². The Morgan fingerprint density at radius 3 is 2.59 bits per heavy atom. The summed E-state index contributed by atoms with van der Waals surface area (Å²) in [5, 5.41) is 15.5. The van der Waals surface area contributed by atoms with Crippen molar-refractivity contribution in [1.82, 2.24) is 30.8 Å². The summed E-state index contributed by atoms with van der Waals surface area (Å²) in [5.41, 5.74) is -0.142. The zero-order valence-corrected chi connectivity index (χ0v) is 15.8. The third-order valence-corrected chi connectivity index (χ3v) is 5.86. The van der Waals surface area contributed by atoms with E-state index in [1.807, 2.05) is 0 Å². The number of nitrogens with one attached hydrogen (secondary N) is 3. The second kappa shape index (κ2) is 6.67. The van der Waals surface area contributed by atoms with E-state index in [0.717, 1.165) is 0 Å². The van der Waals surface area contributed by atoms with E-state index in [2.05, 4.69) is 30.9 Å². The highest BCUT2D eigenvalue weighted by Crippen LogP contribution is 2.27. The van der Waals surface area contributed by atoms with E-state index in [1.54, 1.807) is 30.3 Å². The third kappa shape index (κ3) is 3.40. The van der Waals surface area contributed by atoms with Crippen molar-refractivity contribution in [3.63, 3.8) is 0 Å². The monoisotopic (exact) mass is 413 g/mol. The number of amides is 3. The molecule has 1 unspecified atom stereocenters. The Bertz CT molecular complexity index is 1210. The lowest BCUT2D eigenvalue weighted by molar-refractivity contribution is -0.123. The van der Waals surface area contributed by atoms with Crippen LogP contribution in [0, 0.1) is 0 Å². The molecule has 0 aliphatic carbocycles. The summed E-state index contributed by atoms with van der Waals surface area (Å²) >= 11 is 0. The molecule has 0 radical (unpaired) electrons. The maximum Gasteiger partial charge on any atom is 0.322 e. The number of nitrogens with zero attached hydrogens (tertiary/aromatic N) is 4. The summed E-state index contributed by atoms with van der Waals surface area (Å²) in [4.78, 5) is 23.6. The lowest BCUT2D eigenvalue weighted by Gasteiger charge is -2.22. The van der Waals surface area contributed by atoms with Crippen LogP contribution in [0.5, 0.6) is 0 Å². The molecule has 3 aromatic rings. The van der Waals surface area contributed by atoms with Gasteiger partial charge in [0.25, 0.3) is 15.9 Å². The fourth-order valence-electron chi connectivity index (χ4n) is 2.93. The van der Waals surface area contributed by atoms with Gasteiger partial charge in [-0.05, 0) is 53.2 Å². The van der Waals surface area contributed by atoms with Crippen molar-refractivity contribution in [2.45, 2.75) is 17.4 Å². The summed E-state index contributed by atoms with van der Waals surface area (Å²) in [6.45, 7) is 1.54. The number of tetrazole rings is 1. The fraction of sp³-hybridized carbons (Fsp3) is 0.118. The van der Waals surface area contributed by atoms with E-state index < -0.39 is 27.5 Å². The van der Waals surface area contributed by atoms with Gasteiger partial charge in [0.1, 0.15) is 11.9 Å². The lowest BCUT2D eigenvalue weighted by atomic mass is 9.92. The van der Waals surface area contributed by atoms with E-state index in [-0.39, 0.29) is 10.6 Å². The van der Waals surface area contributed by atoms with Crippen LogP contribution in [0.2, 0.25) is 0 Å². The molecule has 3 N–H and O–H groups in total. The Morgan fingerprint density at radius 1 is 1.10 bits per heavy atom. The second-order valence-corrected chi connectivity index (χ2v) is 8.15. The molecule has 1 fully saturated rings. The SMILES string of the molecule is CC1(c2cccc(NS(=O)(=O)c3cccc(-n4cnnn4)c3)c2)NC(=O)NC1=O. The van der Waals surface area contributed by atoms with E-state index in [9.17, 15) is 18.0 Å². The molecule has 11 nitrogen and oxygen atoms in total. The fourth-order valence-corrected chi connectivity index (χ4v) is 4.02. The molecule has 1 atom stereocenters. The molecule has 4 rings (SSSR count). The zero-order chi connectivity index (χ0) is 20.6. The molecular weight excluding hydrogens is 398 g/mol. The first-order valence-electron chi connectivity index (χ1n) is 8.38. The van der Waals surface area contributed by atoms with Crippen molar-refractivity contribution in [1.29, 1.82) is 0 Å². The summed E-state index contributed by atoms with van der Waals surface area (Å²) in [5.74, 6) is -0.517. The van der Waals surface area contributed by atoms with Gasteiger partial charge >= 0.3 is 6.03 Å². The van der Waals surface area contributed by atoms with Crippen molar-refractivity contribution in [2.75, 3.05) is 4.72 Å². The van der Waals surface area contributed by atoms with Crippen molar-refractivity contribution < 1.29 is 18.0 Å². The molecule has 1 saturated heterocycles. The first-order valence-corrected chi connectivity index (χ1v) is 9.87. The number of sulfonamides is 1. The van der Waals surface area contributed by atoms with Crippen LogP contribution in [0.3, 0.4) is 0 Å². The average Bonchev–Trinajstić information content (AvgIpc) is 3.31. The van der Waals surface area contributed by atoms with Crippen LogP contribution >= 0.6 is 0 Å². The summed E-state index contributed by atoms with van der Waals surface area (Å²) < 4.78 is 29.5. The van der Waals surface area contributed by atoms with Gasteiger partial charge in [0.05, 0.1) is 10.6 Å². The molecule has 2 aromatic carbocycles. The molecule has 29 heavy (non-hydrogen) atoms. The summed E-state index contributed by atoms with van der Waals surface area (Å²) in [7, 11) is -3.93. The zero-order valence-electron chi connectivity index (χ0n) is 15.0. The number of carbonyl (C=O) groups is 2. The van der Waals surface area contributed by atoms with Crippen molar-refractivity contribution in [3.05, 3.63) is 60.4 Å². The van der Waals surface area contributed by atoms with Gasteiger partial charge < -0.3 is 5.32 Å². The predicted molar refractivity (Wildman–Crippen MR) is 100 cm³/mol. The highest BCUT2D eigenvalue weighted by atomic mass is 32.2. The van der Waals surface area contributed by atoms with Crippen LogP contribution in [-0.2, 0) is 20.4 Å². The Labute approximate surface area is 165 Å². The maximum atomic E-state index is 12.8. The Balaban J connectivity index is 1.64. The predicted octanol–water partition coefficient (Wildman–Crippen LogP) is 0.518. The highest BCUT2D eigenvalue weighted by molar-refractivity contribution is 7.92. The molecule has 1 aliphatic rings. The normalized spacial score (nSPS) is 18.9. The Morgan fingerprint density at radius 2 is 1.90 bits per heavy atom. The molecule has 0 bridgehead atoms. The molecular formula is C17H15N7O4S. The van der Waals surface area contributed by atoms with E-state index in [0.29, 0.717) is 11.3 Å². The number of aromatic nitrogens is 4. The van der Waals surface area contributed by atoms with Gasteiger partial charge in [0, 0.05) is 5.69 Å². The van der Waals surface area contributed by atoms with E-state index in [4.69, 9.17) is 0 Å². The molecule has 2 heterocycles. The summed E-state index contributed by atoms with van der Waals surface area (Å²) in [6.07, 6.45) is 1.35. The lowest BCUT2D eigenvalue weighted by Crippen LogP contribution is -2.40. The van der Waals surface area contributed by atoms with Crippen molar-refractivity contribution >= 4 is 27.6 Å². The minimum Gasteiger partial charge on any atom is -0.320 e. The van der Waals surface area contributed by atoms with Gasteiger partial charge in [-0.15, -0.1) is 5.10 Å². The quantitative estimate of drug-likeness (QED) is 0.516. The van der Waals surface area contributed by atoms with Gasteiger partial charge in [-0.1, -0.05) is 18.2 Å². The van der Waals surface area contributed by atoms with Crippen LogP contribution in [0.25, 0.3) is 5.69 Å². The van der Waals surface area contributed by atoms with Crippen LogP contribution in [-0.4, -0.2) is 40.6 Å². The smallest absolute Gasteiger partial charge is 0.320 e. The number of hydrogen-bond acceptors (Lipinski definition) is 7. The van der Waals surface area contributed by atoms with Gasteiger partial charge in [-0.25, -0.2) is 17.9 Å². The molecule has 0 saturated carbocycles. The highest BCUT2D eigenvalue weighted by Gasteiger charge is 2.43. The molecule has 3 amide bonds. The van der Waals surface area contributed by atoms with Crippen LogP contribution in [0.15, 0.2) is 59.8 Å². The number of imide groups is 1. The van der Waals surface area contributed by atoms with Gasteiger partial charge in [-0.2, -0.15) is 0 Å². The maximum absolute atomic E-state index is 12.8. The number of carbonyl (C=O) groups excluding carboxylic acids is 2. The number of hydrogen-bond donors (Lipinski definition) is 3. The molecule has 12 heteroatoms. The molecule has 0 spiro atoms. The van der Waals surface area contributed by atoms with E-state index >= 15 is 0 Å². The average molecular weight is 413 g/mol. The van der Waals surface area contributed by atoms with Crippen molar-refractivity contribution in [3.8, 4) is 5.69 Å². The minimum absolute atomic E-state index is 0.00836. The van der Waals surface area contributed by atoms with Crippen molar-refractivity contribution in [2.24, 2.45) is 0 Å². The van der Waals surface area contributed by atoms with Gasteiger partial charge in [-0.3, -0.25) is 14.8 Å². The first kappa shape index (κ1) is 18.6. The Kier molecular flexibility index (Phi) is 4.27. The number of benzene rings is 2.